The Morgan fingerprint density at radius 3 is 2.28 bits per heavy atom. The van der Waals surface area contributed by atoms with Crippen molar-refractivity contribution < 1.29 is 14.3 Å². The lowest BCUT2D eigenvalue weighted by Gasteiger charge is -2.13. The number of carbonyl (C=O) groups excluding carboxylic acids is 2. The summed E-state index contributed by atoms with van der Waals surface area (Å²) in [7, 11) is 3.90. The van der Waals surface area contributed by atoms with Gasteiger partial charge in [-0.3, -0.25) is 9.59 Å². The quantitative estimate of drug-likeness (QED) is 0.773. The van der Waals surface area contributed by atoms with Gasteiger partial charge in [0.15, 0.2) is 0 Å². The molecule has 0 saturated carbocycles. The van der Waals surface area contributed by atoms with Crippen molar-refractivity contribution in [3.63, 3.8) is 0 Å². The Kier molecular flexibility index (Phi) is 6.83. The Labute approximate surface area is 147 Å². The molecule has 0 aliphatic carbocycles. The molecule has 0 radical (unpaired) electrons. The second-order valence-corrected chi connectivity index (χ2v) is 5.68. The van der Waals surface area contributed by atoms with E-state index in [0.717, 1.165) is 5.69 Å². The lowest BCUT2D eigenvalue weighted by molar-refractivity contribution is -0.124. The molecule has 0 bridgehead atoms. The van der Waals surface area contributed by atoms with Gasteiger partial charge < -0.3 is 20.3 Å². The minimum atomic E-state index is -0.269. The second kappa shape index (κ2) is 9.32. The van der Waals surface area contributed by atoms with Crippen molar-refractivity contribution >= 4 is 23.2 Å². The van der Waals surface area contributed by atoms with E-state index in [4.69, 9.17) is 4.74 Å². The molecule has 2 amide bonds. The minimum Gasteiger partial charge on any atom is -0.493 e. The number of nitrogens with zero attached hydrogens (tertiary/aromatic N) is 1. The highest BCUT2D eigenvalue weighted by atomic mass is 16.5. The molecule has 0 aliphatic heterocycles. The van der Waals surface area contributed by atoms with Crippen LogP contribution >= 0.6 is 0 Å². The molecule has 0 spiro atoms. The number of hydrogen-bond donors (Lipinski definition) is 2. The number of ether oxygens (including phenoxy) is 1. The van der Waals surface area contributed by atoms with E-state index in [0.29, 0.717) is 11.4 Å². The molecule has 6 nitrogen and oxygen atoms in total. The molecule has 0 heterocycles. The average molecular weight is 341 g/mol. The van der Waals surface area contributed by atoms with E-state index in [2.05, 4.69) is 10.6 Å². The lowest BCUT2D eigenvalue weighted by atomic mass is 10.2. The van der Waals surface area contributed by atoms with Gasteiger partial charge in [0.1, 0.15) is 5.75 Å². The molecule has 2 rings (SSSR count). The third-order valence-electron chi connectivity index (χ3n) is 3.45. The topological polar surface area (TPSA) is 70.7 Å². The highest BCUT2D eigenvalue weighted by molar-refractivity contribution is 5.94. The van der Waals surface area contributed by atoms with Crippen LogP contribution in [0.4, 0.5) is 11.4 Å². The van der Waals surface area contributed by atoms with Crippen molar-refractivity contribution in [3.8, 4) is 5.75 Å². The third-order valence-corrected chi connectivity index (χ3v) is 3.45. The van der Waals surface area contributed by atoms with Crippen LogP contribution in [0.25, 0.3) is 0 Å². The summed E-state index contributed by atoms with van der Waals surface area (Å²) in [4.78, 5) is 25.6. The second-order valence-electron chi connectivity index (χ2n) is 5.68. The molecule has 6 heteroatoms. The van der Waals surface area contributed by atoms with E-state index in [9.17, 15) is 9.59 Å². The van der Waals surface area contributed by atoms with E-state index < -0.39 is 0 Å². The molecule has 0 aliphatic rings. The number of amides is 2. The Morgan fingerprint density at radius 2 is 1.64 bits per heavy atom. The molecular weight excluding hydrogens is 318 g/mol. The van der Waals surface area contributed by atoms with Gasteiger partial charge in [-0.1, -0.05) is 18.2 Å². The van der Waals surface area contributed by atoms with Crippen LogP contribution in [0.5, 0.6) is 5.75 Å². The maximum atomic E-state index is 11.9. The van der Waals surface area contributed by atoms with Gasteiger partial charge in [-0.05, 0) is 36.4 Å². The van der Waals surface area contributed by atoms with Gasteiger partial charge >= 0.3 is 0 Å². The van der Waals surface area contributed by atoms with Crippen LogP contribution in [0.2, 0.25) is 0 Å². The van der Waals surface area contributed by atoms with Crippen LogP contribution in [0.1, 0.15) is 6.42 Å². The highest BCUT2D eigenvalue weighted by Gasteiger charge is 2.06. The van der Waals surface area contributed by atoms with Crippen molar-refractivity contribution in [2.75, 3.05) is 37.5 Å². The maximum absolute atomic E-state index is 11.9. The summed E-state index contributed by atoms with van der Waals surface area (Å²) in [5.74, 6) is 0.221. The van der Waals surface area contributed by atoms with Gasteiger partial charge in [-0.25, -0.2) is 0 Å². The van der Waals surface area contributed by atoms with Crippen LogP contribution in [0.15, 0.2) is 54.6 Å². The van der Waals surface area contributed by atoms with Crippen molar-refractivity contribution in [2.45, 2.75) is 6.42 Å². The summed E-state index contributed by atoms with van der Waals surface area (Å²) in [6.07, 6.45) is 0.194. The standard InChI is InChI=1S/C19H23N3O3/c1-22(2)16-10-8-15(9-11-16)21-19(24)14-20-18(23)12-13-25-17-6-4-3-5-7-17/h3-11H,12-14H2,1-2H3,(H,20,23)(H,21,24). The molecular formula is C19H23N3O3. The number of hydrogen-bond acceptors (Lipinski definition) is 4. The van der Waals surface area contributed by atoms with Gasteiger partial charge in [0, 0.05) is 25.5 Å². The Balaban J connectivity index is 1.66. The van der Waals surface area contributed by atoms with E-state index in [1.54, 1.807) is 0 Å². The maximum Gasteiger partial charge on any atom is 0.243 e. The summed E-state index contributed by atoms with van der Waals surface area (Å²) >= 11 is 0. The van der Waals surface area contributed by atoms with E-state index in [1.807, 2.05) is 73.6 Å². The van der Waals surface area contributed by atoms with Crippen molar-refractivity contribution in [2.24, 2.45) is 0 Å². The summed E-state index contributed by atoms with van der Waals surface area (Å²) < 4.78 is 5.44. The molecule has 0 aromatic heterocycles. The molecule has 2 aromatic rings. The number of rotatable bonds is 8. The Bertz CT molecular complexity index is 685. The first-order chi connectivity index (χ1) is 12.0. The summed E-state index contributed by atoms with van der Waals surface area (Å²) in [6.45, 7) is 0.197. The number of anilines is 2. The van der Waals surface area contributed by atoms with Crippen molar-refractivity contribution in [3.05, 3.63) is 54.6 Å². The van der Waals surface area contributed by atoms with E-state index in [-0.39, 0.29) is 31.4 Å². The number of nitrogens with one attached hydrogen (secondary N) is 2. The fraction of sp³-hybridized carbons (Fsp3) is 0.263. The fourth-order valence-electron chi connectivity index (χ4n) is 2.09. The minimum absolute atomic E-state index is 0.0698. The first kappa shape index (κ1) is 18.3. The molecule has 132 valence electrons. The highest BCUT2D eigenvalue weighted by Crippen LogP contribution is 2.15. The number of para-hydroxylation sites is 1. The number of carbonyl (C=O) groups is 2. The van der Waals surface area contributed by atoms with E-state index in [1.165, 1.54) is 0 Å². The van der Waals surface area contributed by atoms with Gasteiger partial charge in [0.25, 0.3) is 0 Å². The van der Waals surface area contributed by atoms with Crippen molar-refractivity contribution in [1.29, 1.82) is 0 Å². The molecule has 2 N–H and O–H groups in total. The molecule has 0 saturated heterocycles. The van der Waals surface area contributed by atoms with Crippen LogP contribution in [0.3, 0.4) is 0 Å². The zero-order chi connectivity index (χ0) is 18.1. The average Bonchev–Trinajstić information content (AvgIpc) is 2.61. The van der Waals surface area contributed by atoms with Crippen LogP contribution in [-0.4, -0.2) is 39.1 Å². The summed E-state index contributed by atoms with van der Waals surface area (Å²) in [6, 6.07) is 16.7. The zero-order valence-corrected chi connectivity index (χ0v) is 14.5. The summed E-state index contributed by atoms with van der Waals surface area (Å²) in [5.41, 5.74) is 1.74. The third kappa shape index (κ3) is 6.55. The van der Waals surface area contributed by atoms with Gasteiger partial charge in [0.05, 0.1) is 19.6 Å². The molecule has 25 heavy (non-hydrogen) atoms. The molecule has 2 aromatic carbocycles. The van der Waals surface area contributed by atoms with E-state index >= 15 is 0 Å². The molecule has 0 fully saturated rings. The van der Waals surface area contributed by atoms with Gasteiger partial charge in [-0.2, -0.15) is 0 Å². The summed E-state index contributed by atoms with van der Waals surface area (Å²) in [5, 5.41) is 5.32. The van der Waals surface area contributed by atoms with Crippen LogP contribution < -0.4 is 20.3 Å². The first-order valence-electron chi connectivity index (χ1n) is 8.06. The lowest BCUT2D eigenvalue weighted by Crippen LogP contribution is -2.33. The monoisotopic (exact) mass is 341 g/mol. The largest absolute Gasteiger partial charge is 0.493 e. The Morgan fingerprint density at radius 1 is 0.960 bits per heavy atom. The number of benzene rings is 2. The predicted molar refractivity (Wildman–Crippen MR) is 99.0 cm³/mol. The smallest absolute Gasteiger partial charge is 0.243 e. The zero-order valence-electron chi connectivity index (χ0n) is 14.5. The van der Waals surface area contributed by atoms with Gasteiger partial charge in [-0.15, -0.1) is 0 Å². The predicted octanol–water partition coefficient (Wildman–Crippen LogP) is 2.28. The first-order valence-corrected chi connectivity index (χ1v) is 8.06. The van der Waals surface area contributed by atoms with Crippen LogP contribution in [-0.2, 0) is 9.59 Å². The SMILES string of the molecule is CN(C)c1ccc(NC(=O)CNC(=O)CCOc2ccccc2)cc1. The Hall–Kier alpha value is -3.02. The fourth-order valence-corrected chi connectivity index (χ4v) is 2.09. The normalized spacial score (nSPS) is 10.0. The molecule has 0 unspecified atom stereocenters. The van der Waals surface area contributed by atoms with Crippen LogP contribution in [0, 0.1) is 0 Å². The van der Waals surface area contributed by atoms with Gasteiger partial charge in [0.2, 0.25) is 11.8 Å². The molecule has 0 atom stereocenters. The van der Waals surface area contributed by atoms with Crippen molar-refractivity contribution in [1.82, 2.24) is 5.32 Å².